The molecule has 4 rings (SSSR count). The largest absolute Gasteiger partial charge is 0.493 e. The molecule has 0 aliphatic carbocycles. The maximum atomic E-state index is 12.8. The fourth-order valence-corrected chi connectivity index (χ4v) is 3.60. The van der Waals surface area contributed by atoms with Gasteiger partial charge in [0.2, 0.25) is 0 Å². The van der Waals surface area contributed by atoms with E-state index in [0.29, 0.717) is 46.7 Å². The van der Waals surface area contributed by atoms with Gasteiger partial charge >= 0.3 is 0 Å². The number of carbonyl (C=O) groups is 1. The lowest BCUT2D eigenvalue weighted by Crippen LogP contribution is -2.30. The SMILES string of the molecule is COc1ccc(CCNC(=O)COc2ccc3c(=O)c(-c4ccccc4)coc3c2)cc1OC. The minimum Gasteiger partial charge on any atom is -0.493 e. The second-order valence-electron chi connectivity index (χ2n) is 7.58. The molecule has 4 aromatic rings. The van der Waals surface area contributed by atoms with Gasteiger partial charge in [-0.2, -0.15) is 0 Å². The smallest absolute Gasteiger partial charge is 0.257 e. The Hall–Kier alpha value is -4.26. The topological polar surface area (TPSA) is 87.0 Å². The molecule has 0 unspecified atom stereocenters. The van der Waals surface area contributed by atoms with Crippen LogP contribution in [-0.4, -0.2) is 33.3 Å². The van der Waals surface area contributed by atoms with Crippen LogP contribution in [0.5, 0.6) is 17.2 Å². The highest BCUT2D eigenvalue weighted by Crippen LogP contribution is 2.27. The first-order chi connectivity index (χ1) is 16.6. The molecule has 1 aromatic heterocycles. The lowest BCUT2D eigenvalue weighted by molar-refractivity contribution is -0.123. The predicted octanol–water partition coefficient (Wildman–Crippen LogP) is 4.21. The van der Waals surface area contributed by atoms with Gasteiger partial charge in [-0.25, -0.2) is 0 Å². The molecule has 0 saturated carbocycles. The number of rotatable bonds is 9. The first-order valence-corrected chi connectivity index (χ1v) is 10.8. The average Bonchev–Trinajstić information content (AvgIpc) is 2.88. The molecule has 1 amide bonds. The van der Waals surface area contributed by atoms with Gasteiger partial charge in [0.15, 0.2) is 23.5 Å². The number of hydrogen-bond acceptors (Lipinski definition) is 6. The van der Waals surface area contributed by atoms with E-state index in [4.69, 9.17) is 18.6 Å². The molecule has 0 saturated heterocycles. The van der Waals surface area contributed by atoms with Crippen LogP contribution in [0.1, 0.15) is 5.56 Å². The molecule has 1 heterocycles. The molecular formula is C27H25NO6. The third kappa shape index (κ3) is 5.20. The summed E-state index contributed by atoms with van der Waals surface area (Å²) in [5.41, 5.74) is 2.58. The maximum Gasteiger partial charge on any atom is 0.257 e. The van der Waals surface area contributed by atoms with Crippen molar-refractivity contribution in [2.45, 2.75) is 6.42 Å². The molecule has 0 aliphatic heterocycles. The summed E-state index contributed by atoms with van der Waals surface area (Å²) in [6.45, 7) is 0.302. The van der Waals surface area contributed by atoms with E-state index in [1.807, 2.05) is 48.5 Å². The Morgan fingerprint density at radius 1 is 0.941 bits per heavy atom. The molecule has 0 fully saturated rings. The molecule has 0 bridgehead atoms. The maximum absolute atomic E-state index is 12.8. The minimum atomic E-state index is -0.249. The van der Waals surface area contributed by atoms with Crippen molar-refractivity contribution in [2.75, 3.05) is 27.4 Å². The highest BCUT2D eigenvalue weighted by molar-refractivity contribution is 5.83. The first kappa shape index (κ1) is 22.9. The van der Waals surface area contributed by atoms with Crippen LogP contribution in [0, 0.1) is 0 Å². The average molecular weight is 459 g/mol. The number of ether oxygens (including phenoxy) is 3. The standard InChI is InChI=1S/C27H25NO6/c1-31-23-11-8-18(14-25(23)32-2)12-13-28-26(29)17-33-20-9-10-21-24(15-20)34-16-22(27(21)30)19-6-4-3-5-7-19/h3-11,14-16H,12-13,17H2,1-2H3,(H,28,29). The summed E-state index contributed by atoms with van der Waals surface area (Å²) in [5.74, 6) is 1.50. The number of carbonyl (C=O) groups excluding carboxylic acids is 1. The van der Waals surface area contributed by atoms with E-state index in [2.05, 4.69) is 5.32 Å². The molecule has 7 nitrogen and oxygen atoms in total. The zero-order valence-electron chi connectivity index (χ0n) is 19.0. The van der Waals surface area contributed by atoms with Crippen molar-refractivity contribution < 1.29 is 23.4 Å². The van der Waals surface area contributed by atoms with Gasteiger partial charge in [-0.1, -0.05) is 36.4 Å². The predicted molar refractivity (Wildman–Crippen MR) is 130 cm³/mol. The third-order valence-electron chi connectivity index (χ3n) is 5.38. The Morgan fingerprint density at radius 2 is 1.74 bits per heavy atom. The minimum absolute atomic E-state index is 0.119. The number of hydrogen-bond donors (Lipinski definition) is 1. The van der Waals surface area contributed by atoms with E-state index in [0.717, 1.165) is 11.1 Å². The molecule has 3 aromatic carbocycles. The Morgan fingerprint density at radius 3 is 2.50 bits per heavy atom. The summed E-state index contributed by atoms with van der Waals surface area (Å²) < 4.78 is 21.8. The quantitative estimate of drug-likeness (QED) is 0.403. The van der Waals surface area contributed by atoms with Gasteiger partial charge in [-0.05, 0) is 41.8 Å². The van der Waals surface area contributed by atoms with Gasteiger partial charge < -0.3 is 23.9 Å². The van der Waals surface area contributed by atoms with Gasteiger partial charge in [-0.3, -0.25) is 9.59 Å². The fraction of sp³-hybridized carbons (Fsp3) is 0.185. The van der Waals surface area contributed by atoms with Crippen LogP contribution in [0.2, 0.25) is 0 Å². The van der Waals surface area contributed by atoms with Crippen molar-refractivity contribution >= 4 is 16.9 Å². The molecule has 0 atom stereocenters. The summed E-state index contributed by atoms with van der Waals surface area (Å²) in [7, 11) is 3.17. The Labute approximate surface area is 196 Å². The van der Waals surface area contributed by atoms with E-state index >= 15 is 0 Å². The normalized spacial score (nSPS) is 10.6. The van der Waals surface area contributed by atoms with E-state index in [1.54, 1.807) is 32.4 Å². The van der Waals surface area contributed by atoms with Crippen LogP contribution in [-0.2, 0) is 11.2 Å². The summed E-state index contributed by atoms with van der Waals surface area (Å²) in [6.07, 6.45) is 2.08. The van der Waals surface area contributed by atoms with Gasteiger partial charge in [-0.15, -0.1) is 0 Å². The molecule has 0 spiro atoms. The molecule has 0 aliphatic rings. The number of nitrogens with one attached hydrogen (secondary N) is 1. The molecule has 0 radical (unpaired) electrons. The van der Waals surface area contributed by atoms with Crippen LogP contribution >= 0.6 is 0 Å². The van der Waals surface area contributed by atoms with Crippen molar-refractivity contribution in [3.63, 3.8) is 0 Å². The highest BCUT2D eigenvalue weighted by atomic mass is 16.5. The Balaban J connectivity index is 1.33. The van der Waals surface area contributed by atoms with E-state index < -0.39 is 0 Å². The highest BCUT2D eigenvalue weighted by Gasteiger charge is 2.11. The van der Waals surface area contributed by atoms with Crippen LogP contribution in [0.25, 0.3) is 22.1 Å². The van der Waals surface area contributed by atoms with E-state index in [9.17, 15) is 9.59 Å². The fourth-order valence-electron chi connectivity index (χ4n) is 3.60. The van der Waals surface area contributed by atoms with Gasteiger partial charge in [0, 0.05) is 12.6 Å². The number of amides is 1. The molecular weight excluding hydrogens is 434 g/mol. The summed E-state index contributed by atoms with van der Waals surface area (Å²) in [6, 6.07) is 19.9. The summed E-state index contributed by atoms with van der Waals surface area (Å²) in [5, 5.41) is 3.28. The second kappa shape index (κ2) is 10.6. The van der Waals surface area contributed by atoms with E-state index in [-0.39, 0.29) is 17.9 Å². The lowest BCUT2D eigenvalue weighted by Gasteiger charge is -2.11. The van der Waals surface area contributed by atoms with Crippen molar-refractivity contribution in [2.24, 2.45) is 0 Å². The molecule has 174 valence electrons. The van der Waals surface area contributed by atoms with Crippen molar-refractivity contribution in [3.8, 4) is 28.4 Å². The summed E-state index contributed by atoms with van der Waals surface area (Å²) in [4.78, 5) is 25.0. The zero-order chi connectivity index (χ0) is 23.9. The lowest BCUT2D eigenvalue weighted by atomic mass is 10.1. The number of benzene rings is 3. The molecule has 1 N–H and O–H groups in total. The van der Waals surface area contributed by atoms with Crippen molar-refractivity contribution in [1.29, 1.82) is 0 Å². The molecule has 34 heavy (non-hydrogen) atoms. The van der Waals surface area contributed by atoms with Gasteiger partial charge in [0.1, 0.15) is 17.6 Å². The Kier molecular flexibility index (Phi) is 7.13. The number of fused-ring (bicyclic) bond motifs is 1. The van der Waals surface area contributed by atoms with Crippen LogP contribution < -0.4 is 25.0 Å². The van der Waals surface area contributed by atoms with Crippen molar-refractivity contribution in [1.82, 2.24) is 5.32 Å². The number of methoxy groups -OCH3 is 2. The third-order valence-corrected chi connectivity index (χ3v) is 5.38. The van der Waals surface area contributed by atoms with Crippen LogP contribution in [0.4, 0.5) is 0 Å². The summed E-state index contributed by atoms with van der Waals surface area (Å²) >= 11 is 0. The van der Waals surface area contributed by atoms with Crippen LogP contribution in [0.15, 0.2) is 82.2 Å². The van der Waals surface area contributed by atoms with E-state index in [1.165, 1.54) is 6.26 Å². The Bertz CT molecular complexity index is 1350. The van der Waals surface area contributed by atoms with Crippen molar-refractivity contribution in [3.05, 3.63) is 88.8 Å². The van der Waals surface area contributed by atoms with Gasteiger partial charge in [0.05, 0.1) is 25.2 Å². The monoisotopic (exact) mass is 459 g/mol. The van der Waals surface area contributed by atoms with Gasteiger partial charge in [0.25, 0.3) is 5.91 Å². The van der Waals surface area contributed by atoms with Crippen LogP contribution in [0.3, 0.4) is 0 Å². The first-order valence-electron chi connectivity index (χ1n) is 10.8. The molecule has 7 heteroatoms. The second-order valence-corrected chi connectivity index (χ2v) is 7.58. The zero-order valence-corrected chi connectivity index (χ0v) is 19.0.